The second-order valence-corrected chi connectivity index (χ2v) is 4.37. The highest BCUT2D eigenvalue weighted by Gasteiger charge is 2.00. The number of nitrogens with zero attached hydrogens (tertiary/aromatic N) is 1. The van der Waals surface area contributed by atoms with Gasteiger partial charge in [0, 0.05) is 10.9 Å². The van der Waals surface area contributed by atoms with Crippen LogP contribution >= 0.6 is 15.9 Å². The molecule has 1 rings (SSSR count). The summed E-state index contributed by atoms with van der Waals surface area (Å²) in [6.45, 7) is 2.54. The molecule has 0 aliphatic rings. The minimum Gasteiger partial charge on any atom is -0.493 e. The molecule has 16 heavy (non-hydrogen) atoms. The molecule has 5 heteroatoms. The second kappa shape index (κ2) is 6.37. The van der Waals surface area contributed by atoms with E-state index >= 15 is 0 Å². The Kier molecular flexibility index (Phi) is 5.11. The molecule has 0 aliphatic carbocycles. The van der Waals surface area contributed by atoms with Gasteiger partial charge in [0.1, 0.15) is 11.6 Å². The third kappa shape index (κ3) is 4.10. The summed E-state index contributed by atoms with van der Waals surface area (Å²) in [7, 11) is 0. The van der Waals surface area contributed by atoms with Gasteiger partial charge in [-0.15, -0.1) is 0 Å². The minimum absolute atomic E-state index is 0.233. The molecule has 0 spiro atoms. The maximum absolute atomic E-state index is 8.34. The predicted molar refractivity (Wildman–Crippen MR) is 67.0 cm³/mol. The summed E-state index contributed by atoms with van der Waals surface area (Å²) in [5, 5.41) is 11.2. The molecule has 0 heterocycles. The van der Waals surface area contributed by atoms with Gasteiger partial charge >= 0.3 is 0 Å². The Hall–Kier alpha value is -1.23. The monoisotopic (exact) mass is 286 g/mol. The first kappa shape index (κ1) is 12.8. The Labute approximate surface area is 103 Å². The lowest BCUT2D eigenvalue weighted by Gasteiger charge is -2.08. The van der Waals surface area contributed by atoms with Crippen LogP contribution in [0.3, 0.4) is 0 Å². The molecule has 0 amide bonds. The van der Waals surface area contributed by atoms with Gasteiger partial charge in [-0.05, 0) is 37.1 Å². The van der Waals surface area contributed by atoms with Crippen LogP contribution in [0, 0.1) is 6.92 Å². The fourth-order valence-electron chi connectivity index (χ4n) is 1.26. The van der Waals surface area contributed by atoms with E-state index in [-0.39, 0.29) is 5.84 Å². The van der Waals surface area contributed by atoms with Crippen LogP contribution in [0.25, 0.3) is 0 Å². The summed E-state index contributed by atoms with van der Waals surface area (Å²) < 4.78 is 6.61. The molecule has 1 aromatic carbocycles. The van der Waals surface area contributed by atoms with Crippen molar-refractivity contribution in [2.24, 2.45) is 10.9 Å². The number of hydrogen-bond donors (Lipinski definition) is 2. The molecular weight excluding hydrogens is 272 g/mol. The molecule has 0 aromatic heterocycles. The third-order valence-corrected chi connectivity index (χ3v) is 2.59. The van der Waals surface area contributed by atoms with Crippen LogP contribution in [0.2, 0.25) is 0 Å². The zero-order chi connectivity index (χ0) is 12.0. The summed E-state index contributed by atoms with van der Waals surface area (Å²) in [5.41, 5.74) is 6.42. The lowest BCUT2D eigenvalue weighted by atomic mass is 10.2. The van der Waals surface area contributed by atoms with Gasteiger partial charge in [-0.3, -0.25) is 0 Å². The number of amidine groups is 1. The summed E-state index contributed by atoms with van der Waals surface area (Å²) >= 11 is 3.39. The van der Waals surface area contributed by atoms with E-state index in [1.165, 1.54) is 0 Å². The molecule has 0 saturated carbocycles. The minimum atomic E-state index is 0.233. The Morgan fingerprint density at radius 2 is 2.31 bits per heavy atom. The highest BCUT2D eigenvalue weighted by Crippen LogP contribution is 2.22. The smallest absolute Gasteiger partial charge is 0.139 e. The van der Waals surface area contributed by atoms with Gasteiger partial charge in [0.05, 0.1) is 6.61 Å². The molecule has 0 fully saturated rings. The van der Waals surface area contributed by atoms with Crippen LogP contribution in [-0.2, 0) is 0 Å². The summed E-state index contributed by atoms with van der Waals surface area (Å²) in [6, 6.07) is 5.85. The predicted octanol–water partition coefficient (Wildman–Crippen LogP) is 2.66. The fourth-order valence-corrected chi connectivity index (χ4v) is 1.74. The lowest BCUT2D eigenvalue weighted by Crippen LogP contribution is -2.12. The van der Waals surface area contributed by atoms with Crippen molar-refractivity contribution in [3.63, 3.8) is 0 Å². The first-order valence-corrected chi connectivity index (χ1v) is 5.78. The van der Waals surface area contributed by atoms with Crippen LogP contribution in [0.15, 0.2) is 27.8 Å². The van der Waals surface area contributed by atoms with Crippen LogP contribution in [0.5, 0.6) is 5.75 Å². The first-order chi connectivity index (χ1) is 7.63. The van der Waals surface area contributed by atoms with E-state index in [9.17, 15) is 0 Å². The largest absolute Gasteiger partial charge is 0.493 e. The molecular formula is C11H15BrN2O2. The Morgan fingerprint density at radius 3 is 2.94 bits per heavy atom. The van der Waals surface area contributed by atoms with Crippen LogP contribution < -0.4 is 10.5 Å². The second-order valence-electron chi connectivity index (χ2n) is 3.45. The van der Waals surface area contributed by atoms with Gasteiger partial charge < -0.3 is 15.7 Å². The van der Waals surface area contributed by atoms with Crippen molar-refractivity contribution in [2.75, 3.05) is 6.61 Å². The molecule has 88 valence electrons. The third-order valence-electron chi connectivity index (χ3n) is 2.10. The van der Waals surface area contributed by atoms with E-state index in [2.05, 4.69) is 21.1 Å². The van der Waals surface area contributed by atoms with Crippen molar-refractivity contribution in [1.82, 2.24) is 0 Å². The maximum atomic E-state index is 8.34. The normalized spacial score (nSPS) is 11.5. The van der Waals surface area contributed by atoms with Crippen molar-refractivity contribution < 1.29 is 9.94 Å². The Bertz CT molecular complexity index is 380. The zero-order valence-electron chi connectivity index (χ0n) is 9.11. The van der Waals surface area contributed by atoms with E-state index < -0.39 is 0 Å². The van der Waals surface area contributed by atoms with Crippen molar-refractivity contribution >= 4 is 21.8 Å². The number of aryl methyl sites for hydroxylation is 1. The van der Waals surface area contributed by atoms with E-state index in [1.807, 2.05) is 25.1 Å². The zero-order valence-corrected chi connectivity index (χ0v) is 10.7. The lowest BCUT2D eigenvalue weighted by molar-refractivity contribution is 0.304. The number of benzene rings is 1. The number of hydrogen-bond acceptors (Lipinski definition) is 3. The molecule has 0 bridgehead atoms. The Balaban J connectivity index is 2.37. The molecule has 4 nitrogen and oxygen atoms in total. The maximum Gasteiger partial charge on any atom is 0.139 e. The van der Waals surface area contributed by atoms with E-state index in [0.29, 0.717) is 13.0 Å². The number of halogens is 1. The Morgan fingerprint density at radius 1 is 1.56 bits per heavy atom. The van der Waals surface area contributed by atoms with Gasteiger partial charge in [0.25, 0.3) is 0 Å². The average Bonchev–Trinajstić information content (AvgIpc) is 2.26. The molecule has 0 saturated heterocycles. The van der Waals surface area contributed by atoms with Gasteiger partial charge in [-0.25, -0.2) is 0 Å². The molecule has 0 aliphatic heterocycles. The topological polar surface area (TPSA) is 67.8 Å². The number of oxime groups is 1. The highest BCUT2D eigenvalue weighted by atomic mass is 79.9. The van der Waals surface area contributed by atoms with Crippen molar-refractivity contribution in [3.05, 3.63) is 28.2 Å². The number of ether oxygens (including phenoxy) is 1. The van der Waals surface area contributed by atoms with Crippen molar-refractivity contribution in [3.8, 4) is 5.75 Å². The molecule has 0 radical (unpaired) electrons. The fraction of sp³-hybridized carbons (Fsp3) is 0.364. The molecule has 3 N–H and O–H groups in total. The average molecular weight is 287 g/mol. The van der Waals surface area contributed by atoms with Crippen LogP contribution in [0.4, 0.5) is 0 Å². The van der Waals surface area contributed by atoms with Gasteiger partial charge in [0.2, 0.25) is 0 Å². The standard InChI is InChI=1S/C11H15BrN2O2/c1-8-7-9(12)4-5-10(8)16-6-2-3-11(13)14-15/h4-5,7,15H,2-3,6H2,1H3,(H2,13,14). The molecule has 0 unspecified atom stereocenters. The van der Waals surface area contributed by atoms with Crippen molar-refractivity contribution in [2.45, 2.75) is 19.8 Å². The van der Waals surface area contributed by atoms with Gasteiger partial charge in [-0.2, -0.15) is 0 Å². The number of rotatable bonds is 5. The van der Waals surface area contributed by atoms with Gasteiger partial charge in [-0.1, -0.05) is 21.1 Å². The van der Waals surface area contributed by atoms with Crippen molar-refractivity contribution in [1.29, 1.82) is 0 Å². The summed E-state index contributed by atoms with van der Waals surface area (Å²) in [5.74, 6) is 1.10. The van der Waals surface area contributed by atoms with E-state index in [1.54, 1.807) is 0 Å². The summed E-state index contributed by atoms with van der Waals surface area (Å²) in [6.07, 6.45) is 1.26. The van der Waals surface area contributed by atoms with Crippen LogP contribution in [-0.4, -0.2) is 17.6 Å². The van der Waals surface area contributed by atoms with Gasteiger partial charge in [0.15, 0.2) is 0 Å². The van der Waals surface area contributed by atoms with E-state index in [0.717, 1.165) is 22.2 Å². The molecule has 1 aromatic rings. The quantitative estimate of drug-likeness (QED) is 0.287. The van der Waals surface area contributed by atoms with Crippen LogP contribution in [0.1, 0.15) is 18.4 Å². The van der Waals surface area contributed by atoms with E-state index in [4.69, 9.17) is 15.7 Å². The summed E-state index contributed by atoms with van der Waals surface area (Å²) in [4.78, 5) is 0. The first-order valence-electron chi connectivity index (χ1n) is 4.99. The highest BCUT2D eigenvalue weighted by molar-refractivity contribution is 9.10. The SMILES string of the molecule is Cc1cc(Br)ccc1OCCCC(N)=NO. The molecule has 0 atom stereocenters. The number of nitrogens with two attached hydrogens (primary N) is 1.